The van der Waals surface area contributed by atoms with Gasteiger partial charge >= 0.3 is 5.97 Å². The third kappa shape index (κ3) is 3.74. The molecule has 8 nitrogen and oxygen atoms in total. The fraction of sp³-hybridized carbons (Fsp3) is 0.235. The summed E-state index contributed by atoms with van der Waals surface area (Å²) in [6.45, 7) is 3.01. The van der Waals surface area contributed by atoms with Crippen LogP contribution >= 0.6 is 11.6 Å². The lowest BCUT2D eigenvalue weighted by atomic mass is 10.4. The number of hydrogen-bond donors (Lipinski definition) is 0. The van der Waals surface area contributed by atoms with Crippen LogP contribution in [0.15, 0.2) is 46.2 Å². The van der Waals surface area contributed by atoms with E-state index in [4.69, 9.17) is 21.1 Å². The third-order valence-electron chi connectivity index (χ3n) is 3.56. The zero-order chi connectivity index (χ0) is 19.6. The second-order valence-electron chi connectivity index (χ2n) is 5.50. The molecule has 27 heavy (non-hydrogen) atoms. The van der Waals surface area contributed by atoms with Gasteiger partial charge in [0.05, 0.1) is 11.5 Å². The van der Waals surface area contributed by atoms with Crippen LogP contribution in [0.1, 0.15) is 12.6 Å². The van der Waals surface area contributed by atoms with E-state index in [9.17, 15) is 13.2 Å². The van der Waals surface area contributed by atoms with Crippen LogP contribution in [0.3, 0.4) is 0 Å². The van der Waals surface area contributed by atoms with Crippen molar-refractivity contribution in [3.63, 3.8) is 0 Å². The molecule has 0 fully saturated rings. The number of hydrogen-bond acceptors (Lipinski definition) is 7. The van der Waals surface area contributed by atoms with Gasteiger partial charge in [0.2, 0.25) is 9.84 Å². The number of nitrogens with zero attached hydrogens (tertiary/aromatic N) is 3. The second kappa shape index (κ2) is 7.53. The number of carbonyl (C=O) groups excluding carboxylic acids is 1. The Morgan fingerprint density at radius 1 is 1.26 bits per heavy atom. The number of aromatic nitrogens is 3. The lowest BCUT2D eigenvalue weighted by Gasteiger charge is -2.07. The van der Waals surface area contributed by atoms with Gasteiger partial charge < -0.3 is 9.47 Å². The number of sulfone groups is 1. The number of aryl methyl sites for hydroxylation is 1. The minimum absolute atomic E-state index is 0.0164. The van der Waals surface area contributed by atoms with Gasteiger partial charge in [0.25, 0.3) is 5.88 Å². The Hall–Kier alpha value is -2.65. The first-order valence-corrected chi connectivity index (χ1v) is 9.85. The summed E-state index contributed by atoms with van der Waals surface area (Å²) in [4.78, 5) is 15.6. The minimum atomic E-state index is -4.03. The van der Waals surface area contributed by atoms with Gasteiger partial charge in [-0.2, -0.15) is 4.52 Å². The Labute approximate surface area is 160 Å². The van der Waals surface area contributed by atoms with Crippen LogP contribution in [0, 0.1) is 6.92 Å². The van der Waals surface area contributed by atoms with E-state index in [1.54, 1.807) is 32.0 Å². The van der Waals surface area contributed by atoms with Crippen LogP contribution < -0.4 is 4.74 Å². The summed E-state index contributed by atoms with van der Waals surface area (Å²) < 4.78 is 37.7. The molecule has 0 atom stereocenters. The van der Waals surface area contributed by atoms with E-state index in [0.29, 0.717) is 5.69 Å². The van der Waals surface area contributed by atoms with Gasteiger partial charge in [0.1, 0.15) is 5.15 Å². The molecule has 142 valence electrons. The van der Waals surface area contributed by atoms with Crippen molar-refractivity contribution in [3.8, 4) is 5.88 Å². The Balaban J connectivity index is 2.19. The topological polar surface area (TPSA) is 99.9 Å². The van der Waals surface area contributed by atoms with Gasteiger partial charge in [-0.3, -0.25) is 0 Å². The maximum Gasteiger partial charge on any atom is 0.344 e. The summed E-state index contributed by atoms with van der Waals surface area (Å²) in [6.07, 6.45) is 0. The maximum atomic E-state index is 13.2. The molecular formula is C17H16ClN3O5S. The monoisotopic (exact) mass is 409 g/mol. The van der Waals surface area contributed by atoms with E-state index in [-0.39, 0.29) is 33.1 Å². The first-order valence-electron chi connectivity index (χ1n) is 7.99. The number of carbonyl (C=O) groups is 1. The molecule has 3 rings (SSSR count). The number of rotatable bonds is 6. The highest BCUT2D eigenvalue weighted by molar-refractivity contribution is 7.91. The highest BCUT2D eigenvalue weighted by Crippen LogP contribution is 2.33. The van der Waals surface area contributed by atoms with E-state index in [1.807, 2.05) is 0 Å². The fourth-order valence-electron chi connectivity index (χ4n) is 2.43. The summed E-state index contributed by atoms with van der Waals surface area (Å²) in [7, 11) is -4.03. The molecule has 0 saturated heterocycles. The molecule has 0 bridgehead atoms. The van der Waals surface area contributed by atoms with Crippen molar-refractivity contribution in [1.29, 1.82) is 0 Å². The molecule has 1 aromatic carbocycles. The minimum Gasteiger partial charge on any atom is -0.464 e. The van der Waals surface area contributed by atoms with Crippen molar-refractivity contribution in [3.05, 3.63) is 47.2 Å². The summed E-state index contributed by atoms with van der Waals surface area (Å²) in [5.74, 6) is -0.917. The molecule has 0 saturated carbocycles. The Kier molecular flexibility index (Phi) is 5.33. The molecule has 10 heteroatoms. The molecule has 2 heterocycles. The van der Waals surface area contributed by atoms with E-state index in [2.05, 4.69) is 10.1 Å². The van der Waals surface area contributed by atoms with Crippen molar-refractivity contribution in [1.82, 2.24) is 14.6 Å². The highest BCUT2D eigenvalue weighted by Gasteiger charge is 2.31. The molecule has 0 unspecified atom stereocenters. The zero-order valence-corrected chi connectivity index (χ0v) is 16.1. The normalized spacial score (nSPS) is 11.5. The molecule has 0 amide bonds. The SMILES string of the molecule is CCOC(=O)COc1nn2c(Cl)cc(C)nc2c1S(=O)(=O)c1ccccc1. The molecular weight excluding hydrogens is 394 g/mol. The zero-order valence-electron chi connectivity index (χ0n) is 14.5. The quantitative estimate of drug-likeness (QED) is 0.455. The number of fused-ring (bicyclic) bond motifs is 1. The Morgan fingerprint density at radius 3 is 2.63 bits per heavy atom. The molecule has 0 spiro atoms. The standard InChI is InChI=1S/C17H16ClN3O5S/c1-3-25-14(22)10-26-17-15(27(23,24)12-7-5-4-6-8-12)16-19-11(2)9-13(18)21(16)20-17/h4-9H,3,10H2,1-2H3. The van der Waals surface area contributed by atoms with Crippen LogP contribution in [0.25, 0.3) is 5.65 Å². The summed E-state index contributed by atoms with van der Waals surface area (Å²) in [6, 6.07) is 9.34. The molecule has 0 N–H and O–H groups in total. The number of halogens is 1. The van der Waals surface area contributed by atoms with Crippen LogP contribution in [0.5, 0.6) is 5.88 Å². The maximum absolute atomic E-state index is 13.2. The van der Waals surface area contributed by atoms with Gasteiger partial charge in [0.15, 0.2) is 17.1 Å². The summed E-state index contributed by atoms with van der Waals surface area (Å²) in [5, 5.41) is 4.25. The predicted molar refractivity (Wildman–Crippen MR) is 96.8 cm³/mol. The molecule has 0 aliphatic rings. The largest absolute Gasteiger partial charge is 0.464 e. The summed E-state index contributed by atoms with van der Waals surface area (Å²) >= 11 is 6.17. The Morgan fingerprint density at radius 2 is 1.96 bits per heavy atom. The third-order valence-corrected chi connectivity index (χ3v) is 5.61. The molecule has 0 aliphatic heterocycles. The van der Waals surface area contributed by atoms with Crippen LogP contribution in [-0.4, -0.2) is 42.2 Å². The molecule has 2 aromatic heterocycles. The van der Waals surface area contributed by atoms with Gasteiger partial charge in [-0.1, -0.05) is 29.8 Å². The average molecular weight is 410 g/mol. The van der Waals surface area contributed by atoms with Gasteiger partial charge in [-0.15, -0.1) is 5.10 Å². The van der Waals surface area contributed by atoms with Crippen molar-refractivity contribution in [2.75, 3.05) is 13.2 Å². The highest BCUT2D eigenvalue weighted by atomic mass is 35.5. The first kappa shape index (κ1) is 19.1. The lowest BCUT2D eigenvalue weighted by molar-refractivity contribution is -0.145. The number of ether oxygens (including phenoxy) is 2. The molecule has 3 aromatic rings. The van der Waals surface area contributed by atoms with Crippen molar-refractivity contribution in [2.24, 2.45) is 0 Å². The Bertz CT molecular complexity index is 1100. The van der Waals surface area contributed by atoms with E-state index in [1.165, 1.54) is 18.2 Å². The predicted octanol–water partition coefficient (Wildman–Crippen LogP) is 2.47. The molecule has 0 aliphatic carbocycles. The van der Waals surface area contributed by atoms with E-state index >= 15 is 0 Å². The van der Waals surface area contributed by atoms with Crippen molar-refractivity contribution < 1.29 is 22.7 Å². The van der Waals surface area contributed by atoms with Crippen molar-refractivity contribution >= 4 is 33.1 Å². The van der Waals surface area contributed by atoms with E-state index < -0.39 is 22.4 Å². The van der Waals surface area contributed by atoms with Gasteiger partial charge in [0, 0.05) is 5.69 Å². The van der Waals surface area contributed by atoms with E-state index in [0.717, 1.165) is 4.52 Å². The van der Waals surface area contributed by atoms with Crippen molar-refractivity contribution in [2.45, 2.75) is 23.6 Å². The second-order valence-corrected chi connectivity index (χ2v) is 7.77. The number of benzene rings is 1. The van der Waals surface area contributed by atoms with Crippen LogP contribution in [-0.2, 0) is 19.4 Å². The first-order chi connectivity index (χ1) is 12.8. The van der Waals surface area contributed by atoms with Gasteiger partial charge in [-0.25, -0.2) is 18.2 Å². The number of esters is 1. The average Bonchev–Trinajstić information content (AvgIpc) is 3.00. The summed E-state index contributed by atoms with van der Waals surface area (Å²) in [5.41, 5.74) is 0.525. The lowest BCUT2D eigenvalue weighted by Crippen LogP contribution is -2.16. The van der Waals surface area contributed by atoms with Crippen LogP contribution in [0.2, 0.25) is 5.15 Å². The van der Waals surface area contributed by atoms with Crippen LogP contribution in [0.4, 0.5) is 0 Å². The smallest absolute Gasteiger partial charge is 0.344 e. The fourth-order valence-corrected chi connectivity index (χ4v) is 4.16. The molecule has 0 radical (unpaired) electrons. The van der Waals surface area contributed by atoms with Gasteiger partial charge in [-0.05, 0) is 32.0 Å².